The lowest BCUT2D eigenvalue weighted by Gasteiger charge is -2.33. The van der Waals surface area contributed by atoms with Crippen molar-refractivity contribution >= 4 is 46.4 Å². The number of hydrogen-bond acceptors (Lipinski definition) is 9. The van der Waals surface area contributed by atoms with E-state index in [2.05, 4.69) is 44.7 Å². The van der Waals surface area contributed by atoms with Crippen LogP contribution in [0.5, 0.6) is 0 Å². The van der Waals surface area contributed by atoms with Crippen molar-refractivity contribution in [2.45, 2.75) is 49.1 Å². The molecule has 2 aromatic carbocycles. The van der Waals surface area contributed by atoms with Crippen molar-refractivity contribution in [1.29, 1.82) is 0 Å². The number of nitrogens with zero attached hydrogens (tertiary/aromatic N) is 3. The smallest absolute Gasteiger partial charge is 0.475 e. The molecular weight excluding hydrogens is 761 g/mol. The number of thiol groups is 1. The van der Waals surface area contributed by atoms with E-state index in [1.807, 2.05) is 42.6 Å². The fourth-order valence-electron chi connectivity index (χ4n) is 5.81. The number of carbonyl (C=O) groups is 3. The predicted molar refractivity (Wildman–Crippen MR) is 182 cm³/mol. The van der Waals surface area contributed by atoms with Crippen molar-refractivity contribution in [2.75, 3.05) is 38.3 Å². The summed E-state index contributed by atoms with van der Waals surface area (Å²) in [7, 11) is -1.81. The van der Waals surface area contributed by atoms with E-state index in [9.17, 15) is 39.6 Å². The number of halogens is 6. The Kier molecular flexibility index (Phi) is 14.7. The molecule has 13 nitrogen and oxygen atoms in total. The number of aromatic nitrogens is 2. The van der Waals surface area contributed by atoms with Gasteiger partial charge in [-0.3, -0.25) is 10.2 Å². The van der Waals surface area contributed by atoms with Gasteiger partial charge in [-0.1, -0.05) is 24.3 Å². The number of carbonyl (C=O) groups excluding carboxylic acids is 1. The SMILES string of the molecule is COC(=O)Nc1ccc(-c2cnc([C@@H]3C[C@H](C4CCN(S(C)(=O)=O)CC4)CN3Cc3ccc(S)cc3)[nH]2)cc1.O=C(O)C(F)(F)F.O=C(O)C(F)(F)F. The van der Waals surface area contributed by atoms with Crippen LogP contribution in [0.3, 0.4) is 0 Å². The fourth-order valence-corrected chi connectivity index (χ4v) is 6.83. The number of nitrogens with one attached hydrogen (secondary N) is 2. The lowest BCUT2D eigenvalue weighted by atomic mass is 9.83. The molecule has 0 radical (unpaired) electrons. The zero-order chi connectivity index (χ0) is 39.7. The Hall–Kier alpha value is -4.34. The summed E-state index contributed by atoms with van der Waals surface area (Å²) in [6.45, 7) is 2.95. The van der Waals surface area contributed by atoms with E-state index in [4.69, 9.17) is 24.8 Å². The second-order valence-electron chi connectivity index (χ2n) is 12.1. The molecule has 1 aromatic heterocycles. The minimum atomic E-state index is -5.08. The zero-order valence-corrected chi connectivity index (χ0v) is 29.9. The topological polar surface area (TPSA) is 182 Å². The average molecular weight is 798 g/mol. The van der Waals surface area contributed by atoms with Crippen molar-refractivity contribution in [1.82, 2.24) is 19.2 Å². The Morgan fingerprint density at radius 2 is 1.47 bits per heavy atom. The number of sulfonamides is 1. The number of rotatable bonds is 7. The summed E-state index contributed by atoms with van der Waals surface area (Å²) in [5, 5.41) is 16.9. The highest BCUT2D eigenvalue weighted by Gasteiger charge is 2.41. The highest BCUT2D eigenvalue weighted by molar-refractivity contribution is 7.88. The number of methoxy groups -OCH3 is 1. The van der Waals surface area contributed by atoms with Gasteiger partial charge in [-0.05, 0) is 66.5 Å². The highest BCUT2D eigenvalue weighted by atomic mass is 32.2. The van der Waals surface area contributed by atoms with Crippen molar-refractivity contribution in [3.8, 4) is 11.3 Å². The minimum Gasteiger partial charge on any atom is -0.475 e. The number of ether oxygens (including phenoxy) is 1. The summed E-state index contributed by atoms with van der Waals surface area (Å²) in [4.78, 5) is 41.1. The van der Waals surface area contributed by atoms with Gasteiger partial charge in [0.1, 0.15) is 5.82 Å². The average Bonchev–Trinajstić information content (AvgIpc) is 3.73. The molecule has 0 saturated carbocycles. The second-order valence-corrected chi connectivity index (χ2v) is 14.6. The molecule has 3 aromatic rings. The molecule has 5 rings (SSSR count). The molecule has 2 saturated heterocycles. The highest BCUT2D eigenvalue weighted by Crippen LogP contribution is 2.42. The second kappa shape index (κ2) is 18.1. The van der Waals surface area contributed by atoms with Crippen LogP contribution in [0.4, 0.5) is 36.8 Å². The first kappa shape index (κ1) is 43.1. The van der Waals surface area contributed by atoms with E-state index in [0.717, 1.165) is 54.3 Å². The first-order valence-corrected chi connectivity index (χ1v) is 18.0. The van der Waals surface area contributed by atoms with Gasteiger partial charge in [-0.25, -0.2) is 32.1 Å². The first-order chi connectivity index (χ1) is 24.6. The van der Waals surface area contributed by atoms with Gasteiger partial charge in [0.05, 0.1) is 31.3 Å². The molecule has 21 heteroatoms. The summed E-state index contributed by atoms with van der Waals surface area (Å²) in [6.07, 6.45) is -4.75. The molecule has 0 unspecified atom stereocenters. The van der Waals surface area contributed by atoms with Gasteiger partial charge >= 0.3 is 30.4 Å². The molecule has 2 atom stereocenters. The first-order valence-electron chi connectivity index (χ1n) is 15.7. The maximum absolute atomic E-state index is 12.0. The molecule has 2 fully saturated rings. The van der Waals surface area contributed by atoms with Crippen LogP contribution in [-0.4, -0.2) is 101 Å². The molecule has 53 heavy (non-hydrogen) atoms. The van der Waals surface area contributed by atoms with Gasteiger partial charge in [-0.15, -0.1) is 12.6 Å². The zero-order valence-electron chi connectivity index (χ0n) is 28.2. The third-order valence-corrected chi connectivity index (χ3v) is 10.0. The number of H-pyrrole nitrogens is 1. The molecule has 1 amide bonds. The molecule has 0 bridgehead atoms. The maximum atomic E-state index is 12.0. The van der Waals surface area contributed by atoms with E-state index in [0.29, 0.717) is 30.6 Å². The van der Waals surface area contributed by atoms with Gasteiger partial charge in [0.25, 0.3) is 0 Å². The number of amides is 1. The molecular formula is C32H37F6N5O8S2. The van der Waals surface area contributed by atoms with Crippen LogP contribution in [0.2, 0.25) is 0 Å². The Labute approximate surface area is 305 Å². The normalized spacial score (nSPS) is 18.6. The van der Waals surface area contributed by atoms with Crippen LogP contribution in [0.25, 0.3) is 11.3 Å². The van der Waals surface area contributed by atoms with Crippen molar-refractivity contribution in [3.05, 3.63) is 66.1 Å². The van der Waals surface area contributed by atoms with E-state index >= 15 is 0 Å². The number of likely N-dealkylation sites (tertiary alicyclic amines) is 1. The molecule has 0 aliphatic carbocycles. The summed E-state index contributed by atoms with van der Waals surface area (Å²) < 4.78 is 93.7. The van der Waals surface area contributed by atoms with Crippen LogP contribution in [0, 0.1) is 11.8 Å². The molecule has 2 aliphatic heterocycles. The van der Waals surface area contributed by atoms with Crippen LogP contribution >= 0.6 is 12.6 Å². The number of hydrogen-bond donors (Lipinski definition) is 5. The maximum Gasteiger partial charge on any atom is 0.490 e. The lowest BCUT2D eigenvalue weighted by Crippen LogP contribution is -2.39. The number of anilines is 1. The van der Waals surface area contributed by atoms with Crippen LogP contribution < -0.4 is 5.32 Å². The fraction of sp³-hybridized carbons (Fsp3) is 0.438. The predicted octanol–water partition coefficient (Wildman–Crippen LogP) is 6.05. The Morgan fingerprint density at radius 1 is 0.943 bits per heavy atom. The standard InChI is InChI=1S/C28H35N5O4S2.2C2HF3O2/c1-37-28(34)30-23-7-5-21(6-8-23)25-16-29-27(31-25)26-15-22(20-11-13-33(14-12-20)39(2,35)36)18-32(26)17-19-3-9-24(38)10-4-19;2*3-2(4,5)1(6)7/h3-10,16,20,22,26,38H,11-15,17-18H2,1-2H3,(H,29,31)(H,30,34);2*(H,6,7)/t22-,26-;;/m0../s1. The van der Waals surface area contributed by atoms with Crippen molar-refractivity contribution in [3.63, 3.8) is 0 Å². The van der Waals surface area contributed by atoms with Gasteiger partial charge in [0, 0.05) is 36.8 Å². The Balaban J connectivity index is 0.000000458. The number of benzene rings is 2. The largest absolute Gasteiger partial charge is 0.490 e. The molecule has 2 aliphatic rings. The number of aliphatic carboxylic acids is 2. The molecule has 292 valence electrons. The molecule has 4 N–H and O–H groups in total. The van der Waals surface area contributed by atoms with E-state index in [1.165, 1.54) is 18.9 Å². The summed E-state index contributed by atoms with van der Waals surface area (Å²) in [5.41, 5.74) is 3.77. The van der Waals surface area contributed by atoms with Crippen molar-refractivity contribution < 1.29 is 64.1 Å². The molecule has 3 heterocycles. The van der Waals surface area contributed by atoms with E-state index in [-0.39, 0.29) is 6.04 Å². The summed E-state index contributed by atoms with van der Waals surface area (Å²) in [5.74, 6) is -3.62. The quantitative estimate of drug-likeness (QED) is 0.140. The Bertz CT molecular complexity index is 1770. The number of aromatic amines is 1. The van der Waals surface area contributed by atoms with E-state index < -0.39 is 40.4 Å². The third kappa shape index (κ3) is 13.2. The van der Waals surface area contributed by atoms with Gasteiger partial charge in [0.15, 0.2) is 0 Å². The lowest BCUT2D eigenvalue weighted by molar-refractivity contribution is -0.193. The van der Waals surface area contributed by atoms with Gasteiger partial charge < -0.3 is 19.9 Å². The van der Waals surface area contributed by atoms with Gasteiger partial charge in [0.2, 0.25) is 10.0 Å². The molecule has 0 spiro atoms. The van der Waals surface area contributed by atoms with Crippen LogP contribution in [0.1, 0.15) is 36.7 Å². The van der Waals surface area contributed by atoms with E-state index in [1.54, 1.807) is 4.31 Å². The van der Waals surface area contributed by atoms with Crippen LogP contribution in [0.15, 0.2) is 59.6 Å². The van der Waals surface area contributed by atoms with Crippen molar-refractivity contribution in [2.24, 2.45) is 11.8 Å². The summed E-state index contributed by atoms with van der Waals surface area (Å²) >= 11 is 4.43. The third-order valence-electron chi connectivity index (χ3n) is 8.42. The number of imidazole rings is 1. The number of carboxylic acids is 2. The minimum absolute atomic E-state index is 0.132. The summed E-state index contributed by atoms with van der Waals surface area (Å²) in [6, 6.07) is 15.9. The monoisotopic (exact) mass is 797 g/mol. The number of alkyl halides is 6. The number of carboxylic acid groups (broad SMARTS) is 2. The number of piperidine rings is 1. The Morgan fingerprint density at radius 3 is 1.94 bits per heavy atom. The van der Waals surface area contributed by atoms with Gasteiger partial charge in [-0.2, -0.15) is 26.3 Å². The van der Waals surface area contributed by atoms with Crippen LogP contribution in [-0.2, 0) is 30.9 Å².